The molecule has 234 valence electrons. The van der Waals surface area contributed by atoms with Crippen LogP contribution < -0.4 is 0 Å². The van der Waals surface area contributed by atoms with E-state index in [1.54, 1.807) is 0 Å². The molecule has 2 fully saturated rings. The fourth-order valence-corrected chi connectivity index (χ4v) is 8.81. The molecule has 4 aromatic rings. The zero-order chi connectivity index (χ0) is 32.5. The molecule has 0 aliphatic carbocycles. The summed E-state index contributed by atoms with van der Waals surface area (Å²) in [6.45, 7) is 20.4. The van der Waals surface area contributed by atoms with Gasteiger partial charge in [0.25, 0.3) is 0 Å². The third kappa shape index (κ3) is 5.60. The molecule has 0 spiro atoms. The van der Waals surface area contributed by atoms with Crippen LogP contribution in [0.1, 0.15) is 80.6 Å². The van der Waals surface area contributed by atoms with Gasteiger partial charge >= 0.3 is 8.25 Å². The third-order valence-electron chi connectivity index (χ3n) is 8.94. The minimum absolute atomic E-state index is 0.752. The first-order valence-electron chi connectivity index (χ1n) is 15.7. The van der Waals surface area contributed by atoms with Gasteiger partial charge in [-0.25, -0.2) is 0 Å². The fourth-order valence-electron chi connectivity index (χ4n) is 7.67. The first kappa shape index (κ1) is 31.8. The van der Waals surface area contributed by atoms with Gasteiger partial charge in [-0.3, -0.25) is 0 Å². The van der Waals surface area contributed by atoms with Gasteiger partial charge < -0.3 is 9.47 Å². The van der Waals surface area contributed by atoms with E-state index >= 15 is 0 Å². The van der Waals surface area contributed by atoms with E-state index < -0.39 is 37.5 Å². The van der Waals surface area contributed by atoms with Crippen LogP contribution in [-0.2, 0) is 34.3 Å². The van der Waals surface area contributed by atoms with Crippen LogP contribution in [-0.4, -0.2) is 18.0 Å². The van der Waals surface area contributed by atoms with Crippen LogP contribution in [0.4, 0.5) is 0 Å². The second-order valence-corrected chi connectivity index (χ2v) is 14.7. The largest absolute Gasteiger partial charge is 0.700 e. The molecule has 0 radical (unpaired) electrons. The zero-order valence-corrected chi connectivity index (χ0v) is 29.0. The summed E-state index contributed by atoms with van der Waals surface area (Å²) in [5.74, 6) is -1.00. The fraction of sp³-hybridized carbons (Fsp3) is 0.385. The van der Waals surface area contributed by atoms with Gasteiger partial charge in [0.15, 0.2) is 5.79 Å². The summed E-state index contributed by atoms with van der Waals surface area (Å²) < 4.78 is 42.5. The first-order valence-corrected chi connectivity index (χ1v) is 16.8. The van der Waals surface area contributed by atoms with E-state index in [0.29, 0.717) is 0 Å². The molecule has 2 saturated heterocycles. The standard InChI is InChI=1S/C39H44O5P/c1-23-11-24(2)16-31(15-23)38(32-17-25(3)12-26(4)18-32)35-36(42-37(9,10)41-35)39(44-45(40)43-38,33-19-27(5)13-28(6)20-33)34-21-29(7)14-30(8)22-34/h11-22,35-36H,1-10H3/q+1/t35-,36-/m1/s1. The average Bonchev–Trinajstić information content (AvgIpc) is 3.18. The van der Waals surface area contributed by atoms with Crippen LogP contribution in [0.2, 0.25) is 0 Å². The molecule has 0 saturated carbocycles. The van der Waals surface area contributed by atoms with Crippen molar-refractivity contribution >= 4 is 8.25 Å². The van der Waals surface area contributed by atoms with Crippen LogP contribution in [0, 0.1) is 55.4 Å². The Hall–Kier alpha value is -3.18. The Morgan fingerprint density at radius 1 is 0.444 bits per heavy atom. The number of aryl methyl sites for hydroxylation is 8. The smallest absolute Gasteiger partial charge is 0.340 e. The highest BCUT2D eigenvalue weighted by Crippen LogP contribution is 2.61. The number of benzene rings is 4. The van der Waals surface area contributed by atoms with E-state index in [1.165, 1.54) is 0 Å². The Morgan fingerprint density at radius 2 is 0.667 bits per heavy atom. The molecule has 2 heterocycles. The molecule has 0 unspecified atom stereocenters. The van der Waals surface area contributed by atoms with E-state index in [9.17, 15) is 4.57 Å². The lowest BCUT2D eigenvalue weighted by Gasteiger charge is -2.39. The first-order chi connectivity index (χ1) is 21.1. The van der Waals surface area contributed by atoms with Gasteiger partial charge in [-0.2, -0.15) is 0 Å². The lowest BCUT2D eigenvalue weighted by Crippen LogP contribution is -2.53. The summed E-state index contributed by atoms with van der Waals surface area (Å²) in [5.41, 5.74) is 9.34. The average molecular weight is 624 g/mol. The number of hydrogen-bond acceptors (Lipinski definition) is 5. The van der Waals surface area contributed by atoms with Gasteiger partial charge in [0, 0.05) is 4.57 Å². The normalized spacial score (nSPS) is 21.8. The molecular formula is C39H44O5P+. The molecular weight excluding hydrogens is 579 g/mol. The summed E-state index contributed by atoms with van der Waals surface area (Å²) in [6.07, 6.45) is -1.50. The highest BCUT2D eigenvalue weighted by molar-refractivity contribution is 7.33. The number of rotatable bonds is 4. The zero-order valence-electron chi connectivity index (χ0n) is 28.1. The van der Waals surface area contributed by atoms with Crippen molar-refractivity contribution in [1.29, 1.82) is 0 Å². The van der Waals surface area contributed by atoms with Crippen molar-refractivity contribution in [2.24, 2.45) is 0 Å². The number of fused-ring (bicyclic) bond motifs is 1. The summed E-state index contributed by atoms with van der Waals surface area (Å²) in [5, 5.41) is 0. The van der Waals surface area contributed by atoms with Crippen LogP contribution in [0.25, 0.3) is 0 Å². The molecule has 2 atom stereocenters. The van der Waals surface area contributed by atoms with Gasteiger partial charge in [-0.1, -0.05) is 126 Å². The maximum absolute atomic E-state index is 14.7. The predicted octanol–water partition coefficient (Wildman–Crippen LogP) is 9.57. The molecule has 5 nitrogen and oxygen atoms in total. The lowest BCUT2D eigenvalue weighted by atomic mass is 9.70. The molecule has 6 heteroatoms. The summed E-state index contributed by atoms with van der Waals surface area (Å²) in [7, 11) is -2.73. The SMILES string of the molecule is Cc1cc(C)cc(C2(c3cc(C)cc(C)c3)O[P+](=O)OC(c3cc(C)cc(C)c3)(c3cc(C)cc(C)c3)[C@@H]3OC(C)(C)O[C@H]32)c1. The van der Waals surface area contributed by atoms with Crippen molar-refractivity contribution in [3.05, 3.63) is 140 Å². The van der Waals surface area contributed by atoms with Crippen LogP contribution in [0.5, 0.6) is 0 Å². The Morgan fingerprint density at radius 3 is 0.889 bits per heavy atom. The van der Waals surface area contributed by atoms with Crippen LogP contribution in [0.3, 0.4) is 0 Å². The predicted molar refractivity (Wildman–Crippen MR) is 179 cm³/mol. The Balaban J connectivity index is 1.76. The van der Waals surface area contributed by atoms with E-state index in [2.05, 4.69) is 128 Å². The summed E-state index contributed by atoms with van der Waals surface area (Å²) >= 11 is 0. The van der Waals surface area contributed by atoms with Crippen molar-refractivity contribution in [2.45, 2.75) is 98.4 Å². The quantitative estimate of drug-likeness (QED) is 0.212. The molecule has 0 amide bonds. The third-order valence-corrected chi connectivity index (χ3v) is 9.81. The van der Waals surface area contributed by atoms with Crippen molar-refractivity contribution in [2.75, 3.05) is 0 Å². The molecule has 4 aromatic carbocycles. The van der Waals surface area contributed by atoms with Crippen molar-refractivity contribution in [3.8, 4) is 0 Å². The molecule has 2 aliphatic rings. The molecule has 2 aliphatic heterocycles. The molecule has 0 aromatic heterocycles. The monoisotopic (exact) mass is 623 g/mol. The molecule has 0 bridgehead atoms. The van der Waals surface area contributed by atoms with Gasteiger partial charge in [0.2, 0.25) is 11.2 Å². The van der Waals surface area contributed by atoms with E-state index in [4.69, 9.17) is 18.5 Å². The van der Waals surface area contributed by atoms with Gasteiger partial charge in [0.1, 0.15) is 12.2 Å². The van der Waals surface area contributed by atoms with Gasteiger partial charge in [-0.05, 0) is 91.5 Å². The van der Waals surface area contributed by atoms with Gasteiger partial charge in [0.05, 0.1) is 0 Å². The van der Waals surface area contributed by atoms with E-state index in [-0.39, 0.29) is 0 Å². The molecule has 45 heavy (non-hydrogen) atoms. The Kier molecular flexibility index (Phi) is 7.95. The van der Waals surface area contributed by atoms with Crippen molar-refractivity contribution < 1.29 is 23.1 Å². The second kappa shape index (κ2) is 11.3. The highest BCUT2D eigenvalue weighted by Gasteiger charge is 2.71. The summed E-state index contributed by atoms with van der Waals surface area (Å²) in [4.78, 5) is 0. The van der Waals surface area contributed by atoms with Crippen molar-refractivity contribution in [1.82, 2.24) is 0 Å². The number of ether oxygens (including phenoxy) is 2. The second-order valence-electron chi connectivity index (χ2n) is 13.9. The minimum Gasteiger partial charge on any atom is -0.340 e. The minimum atomic E-state index is -2.73. The molecule has 0 N–H and O–H groups in total. The summed E-state index contributed by atoms with van der Waals surface area (Å²) in [6, 6.07) is 25.4. The molecule has 6 rings (SSSR count). The maximum atomic E-state index is 14.7. The van der Waals surface area contributed by atoms with E-state index in [0.717, 1.165) is 66.8 Å². The van der Waals surface area contributed by atoms with Crippen LogP contribution >= 0.6 is 8.25 Å². The van der Waals surface area contributed by atoms with E-state index in [1.807, 2.05) is 13.8 Å². The Bertz CT molecular complexity index is 1510. The lowest BCUT2D eigenvalue weighted by molar-refractivity contribution is -0.174. The Labute approximate surface area is 268 Å². The van der Waals surface area contributed by atoms with Crippen molar-refractivity contribution in [3.63, 3.8) is 0 Å². The number of hydrogen-bond donors (Lipinski definition) is 0. The maximum Gasteiger partial charge on any atom is 0.700 e. The van der Waals surface area contributed by atoms with Crippen LogP contribution in [0.15, 0.2) is 72.8 Å². The van der Waals surface area contributed by atoms with Gasteiger partial charge in [-0.15, -0.1) is 0 Å². The topological polar surface area (TPSA) is 54.0 Å². The highest BCUT2D eigenvalue weighted by atomic mass is 31.1.